The van der Waals surface area contributed by atoms with Crippen molar-refractivity contribution < 1.29 is 24.3 Å². The number of anilines is 1. The van der Waals surface area contributed by atoms with Crippen molar-refractivity contribution in [2.24, 2.45) is 0 Å². The van der Waals surface area contributed by atoms with E-state index in [2.05, 4.69) is 4.98 Å². The van der Waals surface area contributed by atoms with Crippen molar-refractivity contribution in [3.8, 4) is 5.75 Å². The van der Waals surface area contributed by atoms with Gasteiger partial charge in [-0.05, 0) is 42.5 Å². The number of hydrogen-bond donors (Lipinski definition) is 1. The molecule has 3 aromatic rings. The van der Waals surface area contributed by atoms with Crippen LogP contribution in [0.15, 0.2) is 60.7 Å². The summed E-state index contributed by atoms with van der Waals surface area (Å²) in [5.74, 6) is -1.66. The number of ketones is 1. The number of aromatic nitrogens is 1. The van der Waals surface area contributed by atoms with Crippen LogP contribution in [0.4, 0.5) is 5.13 Å². The lowest BCUT2D eigenvalue weighted by Crippen LogP contribution is -2.31. The zero-order chi connectivity index (χ0) is 19.4. The molecule has 0 saturated carbocycles. The van der Waals surface area contributed by atoms with Gasteiger partial charge in [0.05, 0.1) is 10.2 Å². The Morgan fingerprint density at radius 3 is 2.41 bits per heavy atom. The number of carbonyl (C=O) groups excluding carboxylic acids is 2. The topological polar surface area (TPSA) is 96.8 Å². The minimum absolute atomic E-state index is 0.300. The maximum Gasteiger partial charge on any atom is 0.328 e. The van der Waals surface area contributed by atoms with E-state index in [1.807, 2.05) is 24.3 Å². The van der Waals surface area contributed by atoms with E-state index < -0.39 is 11.8 Å². The lowest BCUT2D eigenvalue weighted by atomic mass is 10.1. The maximum absolute atomic E-state index is 12.0. The smallest absolute Gasteiger partial charge is 0.328 e. The van der Waals surface area contributed by atoms with Crippen LogP contribution in [-0.2, 0) is 9.59 Å². The minimum Gasteiger partial charge on any atom is -0.478 e. The number of rotatable bonds is 6. The number of carbonyl (C=O) groups is 3. The Balaban J connectivity index is 1.80. The average molecular weight is 382 g/mol. The van der Waals surface area contributed by atoms with Crippen LogP contribution in [0.1, 0.15) is 17.3 Å². The van der Waals surface area contributed by atoms with Gasteiger partial charge in [-0.3, -0.25) is 9.59 Å². The number of amides is 1. The van der Waals surface area contributed by atoms with Crippen LogP contribution in [0.5, 0.6) is 5.75 Å². The monoisotopic (exact) mass is 382 g/mol. The van der Waals surface area contributed by atoms with Crippen molar-refractivity contribution in [1.82, 2.24) is 4.98 Å². The number of benzene rings is 2. The van der Waals surface area contributed by atoms with Gasteiger partial charge in [0.2, 0.25) is 5.13 Å². The molecule has 1 heterocycles. The van der Waals surface area contributed by atoms with Gasteiger partial charge in [0.1, 0.15) is 0 Å². The molecular weight excluding hydrogens is 368 g/mol. The van der Waals surface area contributed by atoms with E-state index in [0.29, 0.717) is 16.4 Å². The summed E-state index contributed by atoms with van der Waals surface area (Å²) in [6.07, 6.45) is 1.75. The van der Waals surface area contributed by atoms with Crippen LogP contribution in [0.3, 0.4) is 0 Å². The van der Waals surface area contributed by atoms with E-state index in [1.54, 1.807) is 0 Å². The molecular formula is C19H14N2O5S. The van der Waals surface area contributed by atoms with Crippen LogP contribution in [0.25, 0.3) is 10.2 Å². The van der Waals surface area contributed by atoms with Crippen molar-refractivity contribution in [3.05, 3.63) is 66.2 Å². The molecule has 0 saturated heterocycles. The van der Waals surface area contributed by atoms with Crippen molar-refractivity contribution in [2.45, 2.75) is 6.92 Å². The molecule has 0 unspecified atom stereocenters. The van der Waals surface area contributed by atoms with Gasteiger partial charge in [0.15, 0.2) is 11.5 Å². The van der Waals surface area contributed by atoms with Gasteiger partial charge in [-0.25, -0.2) is 9.78 Å². The Labute approximate surface area is 158 Å². The molecule has 0 bridgehead atoms. The first-order valence-corrected chi connectivity index (χ1v) is 8.65. The number of carboxylic acid groups (broad SMARTS) is 1. The first-order valence-electron chi connectivity index (χ1n) is 7.83. The lowest BCUT2D eigenvalue weighted by Gasteiger charge is -2.17. The summed E-state index contributed by atoms with van der Waals surface area (Å²) in [4.78, 5) is 44.3. The number of hydroxylamine groups is 1. The first-order chi connectivity index (χ1) is 12.9. The Kier molecular flexibility index (Phi) is 5.28. The van der Waals surface area contributed by atoms with Crippen LogP contribution in [0.2, 0.25) is 0 Å². The molecule has 7 nitrogen and oxygen atoms in total. The van der Waals surface area contributed by atoms with E-state index >= 15 is 0 Å². The normalized spacial score (nSPS) is 10.9. The van der Waals surface area contributed by atoms with Crippen molar-refractivity contribution in [3.63, 3.8) is 0 Å². The summed E-state index contributed by atoms with van der Waals surface area (Å²) in [6.45, 7) is 1.36. The molecule has 0 spiro atoms. The second-order valence-electron chi connectivity index (χ2n) is 5.43. The molecule has 1 aromatic heterocycles. The highest BCUT2D eigenvalue weighted by atomic mass is 32.1. The number of fused-ring (bicyclic) bond motifs is 1. The van der Waals surface area contributed by atoms with Gasteiger partial charge in [0, 0.05) is 18.6 Å². The Hall–Kier alpha value is -3.52. The lowest BCUT2D eigenvalue weighted by molar-refractivity contribution is -0.131. The van der Waals surface area contributed by atoms with Crippen LogP contribution in [0, 0.1) is 0 Å². The number of nitrogens with zero attached hydrogens (tertiary/aromatic N) is 2. The minimum atomic E-state index is -1.20. The molecule has 0 aliphatic heterocycles. The van der Waals surface area contributed by atoms with E-state index in [-0.39, 0.29) is 5.91 Å². The van der Waals surface area contributed by atoms with E-state index in [4.69, 9.17) is 9.94 Å². The Bertz CT molecular complexity index is 1010. The number of hydrogen-bond acceptors (Lipinski definition) is 6. The molecule has 136 valence electrons. The molecule has 27 heavy (non-hydrogen) atoms. The third-order valence-electron chi connectivity index (χ3n) is 3.46. The Morgan fingerprint density at radius 2 is 1.78 bits per heavy atom. The SMILES string of the molecule is CC(=O)N(Oc1ccc(C(=O)/C=C/C(=O)O)cc1)c1nc2ccccc2s1. The number of carboxylic acids is 1. The zero-order valence-electron chi connectivity index (χ0n) is 14.2. The highest BCUT2D eigenvalue weighted by molar-refractivity contribution is 7.22. The summed E-state index contributed by atoms with van der Waals surface area (Å²) >= 11 is 1.32. The molecule has 2 aromatic carbocycles. The molecule has 0 fully saturated rings. The highest BCUT2D eigenvalue weighted by Gasteiger charge is 2.19. The molecule has 8 heteroatoms. The summed E-state index contributed by atoms with van der Waals surface area (Å²) < 4.78 is 0.925. The molecule has 1 N–H and O–H groups in total. The van der Waals surface area contributed by atoms with Crippen LogP contribution < -0.4 is 9.90 Å². The largest absolute Gasteiger partial charge is 0.478 e. The maximum atomic E-state index is 12.0. The van der Waals surface area contributed by atoms with Gasteiger partial charge >= 0.3 is 5.97 Å². The predicted molar refractivity (Wildman–Crippen MR) is 101 cm³/mol. The molecule has 0 radical (unpaired) electrons. The molecule has 0 aliphatic rings. The number of para-hydroxylation sites is 1. The fraction of sp³-hybridized carbons (Fsp3) is 0.0526. The van der Waals surface area contributed by atoms with E-state index in [0.717, 1.165) is 27.4 Å². The second kappa shape index (κ2) is 7.79. The fourth-order valence-corrected chi connectivity index (χ4v) is 3.17. The highest BCUT2D eigenvalue weighted by Crippen LogP contribution is 2.29. The summed E-state index contributed by atoms with van der Waals surface area (Å²) in [6, 6.07) is 13.5. The van der Waals surface area contributed by atoms with Crippen LogP contribution >= 0.6 is 11.3 Å². The van der Waals surface area contributed by atoms with Gasteiger partial charge in [0.25, 0.3) is 5.91 Å². The molecule has 0 atom stereocenters. The summed E-state index contributed by atoms with van der Waals surface area (Å²) in [5.41, 5.74) is 1.06. The number of allylic oxidation sites excluding steroid dienone is 1. The average Bonchev–Trinajstić information content (AvgIpc) is 3.08. The van der Waals surface area contributed by atoms with Crippen molar-refractivity contribution in [2.75, 3.05) is 5.06 Å². The summed E-state index contributed by atoms with van der Waals surface area (Å²) in [7, 11) is 0. The quantitative estimate of drug-likeness (QED) is 0.398. The van der Waals surface area contributed by atoms with E-state index in [9.17, 15) is 14.4 Å². The summed E-state index contributed by atoms with van der Waals surface area (Å²) in [5, 5.41) is 10.0. The van der Waals surface area contributed by atoms with E-state index in [1.165, 1.54) is 42.5 Å². The van der Waals surface area contributed by atoms with Gasteiger partial charge in [-0.1, -0.05) is 23.5 Å². The molecule has 1 amide bonds. The molecule has 0 aliphatic carbocycles. The number of aliphatic carboxylic acids is 1. The fourth-order valence-electron chi connectivity index (χ4n) is 2.21. The van der Waals surface area contributed by atoms with Crippen molar-refractivity contribution in [1.29, 1.82) is 0 Å². The third kappa shape index (κ3) is 4.36. The predicted octanol–water partition coefficient (Wildman–Crippen LogP) is 3.47. The molecule has 3 rings (SSSR count). The standard InChI is InChI=1S/C19H14N2O5S/c1-12(22)21(19-20-15-4-2-3-5-17(15)27-19)26-14-8-6-13(7-9-14)16(23)10-11-18(24)25/h2-11H,1H3,(H,24,25)/b11-10+. The number of thiazole rings is 1. The van der Waals surface area contributed by atoms with Gasteiger partial charge in [-0.15, -0.1) is 5.06 Å². The van der Waals surface area contributed by atoms with Crippen molar-refractivity contribution >= 4 is 44.3 Å². The van der Waals surface area contributed by atoms with Gasteiger partial charge in [-0.2, -0.15) is 0 Å². The third-order valence-corrected chi connectivity index (χ3v) is 4.46. The van der Waals surface area contributed by atoms with Gasteiger partial charge < -0.3 is 9.94 Å². The second-order valence-corrected chi connectivity index (χ2v) is 6.44. The zero-order valence-corrected chi connectivity index (χ0v) is 15.0. The first kappa shape index (κ1) is 18.3. The van der Waals surface area contributed by atoms with Crippen LogP contribution in [-0.4, -0.2) is 27.8 Å². The Morgan fingerprint density at radius 1 is 1.07 bits per heavy atom.